The molecular formula is C9H21N3O2S. The van der Waals surface area contributed by atoms with Crippen LogP contribution in [0.15, 0.2) is 0 Å². The Morgan fingerprint density at radius 3 is 2.67 bits per heavy atom. The summed E-state index contributed by atoms with van der Waals surface area (Å²) >= 11 is 0. The maximum absolute atomic E-state index is 11.7. The van der Waals surface area contributed by atoms with E-state index in [-0.39, 0.29) is 6.04 Å². The van der Waals surface area contributed by atoms with Crippen molar-refractivity contribution in [1.29, 1.82) is 0 Å². The molecule has 0 aliphatic carbocycles. The number of piperidine rings is 1. The number of nitrogens with two attached hydrogens (primary N) is 1. The Kier molecular flexibility index (Phi) is 4.51. The first kappa shape index (κ1) is 12.9. The molecule has 90 valence electrons. The van der Waals surface area contributed by atoms with Crippen molar-refractivity contribution in [2.45, 2.75) is 32.2 Å². The smallest absolute Gasteiger partial charge is 0.279 e. The van der Waals surface area contributed by atoms with Crippen molar-refractivity contribution in [3.05, 3.63) is 0 Å². The molecule has 0 saturated carbocycles. The van der Waals surface area contributed by atoms with Crippen molar-refractivity contribution in [3.63, 3.8) is 0 Å². The predicted octanol–water partition coefficient (Wildman–Crippen LogP) is -0.100. The number of nitrogens with one attached hydrogen (secondary N) is 1. The number of rotatable bonds is 4. The van der Waals surface area contributed by atoms with Crippen molar-refractivity contribution in [2.24, 2.45) is 11.7 Å². The van der Waals surface area contributed by atoms with Crippen LogP contribution in [0.5, 0.6) is 0 Å². The topological polar surface area (TPSA) is 75.4 Å². The zero-order chi connectivity index (χ0) is 11.5. The molecule has 0 aromatic carbocycles. The molecule has 6 heteroatoms. The summed E-state index contributed by atoms with van der Waals surface area (Å²) in [7, 11) is -1.87. The summed E-state index contributed by atoms with van der Waals surface area (Å²) in [4.78, 5) is 0. The van der Waals surface area contributed by atoms with Gasteiger partial charge >= 0.3 is 0 Å². The van der Waals surface area contributed by atoms with E-state index in [0.717, 1.165) is 19.3 Å². The minimum Gasteiger partial charge on any atom is -0.329 e. The lowest BCUT2D eigenvalue weighted by atomic mass is 9.90. The highest BCUT2D eigenvalue weighted by atomic mass is 32.2. The predicted molar refractivity (Wildman–Crippen MR) is 60.5 cm³/mol. The largest absolute Gasteiger partial charge is 0.329 e. The molecule has 0 aromatic heterocycles. The molecule has 1 saturated heterocycles. The van der Waals surface area contributed by atoms with Crippen LogP contribution in [0.3, 0.4) is 0 Å². The molecule has 0 amide bonds. The van der Waals surface area contributed by atoms with Crippen LogP contribution in [0.25, 0.3) is 0 Å². The van der Waals surface area contributed by atoms with Crippen molar-refractivity contribution >= 4 is 10.2 Å². The van der Waals surface area contributed by atoms with E-state index in [2.05, 4.69) is 11.6 Å². The Bertz CT molecular complexity index is 292. The van der Waals surface area contributed by atoms with E-state index in [9.17, 15) is 8.42 Å². The van der Waals surface area contributed by atoms with Gasteiger partial charge in [-0.3, -0.25) is 0 Å². The molecule has 2 unspecified atom stereocenters. The summed E-state index contributed by atoms with van der Waals surface area (Å²) in [6, 6.07) is -0.0406. The highest BCUT2D eigenvalue weighted by molar-refractivity contribution is 7.87. The first-order chi connectivity index (χ1) is 7.05. The van der Waals surface area contributed by atoms with Crippen LogP contribution < -0.4 is 10.5 Å². The fourth-order valence-electron chi connectivity index (χ4n) is 2.13. The van der Waals surface area contributed by atoms with Gasteiger partial charge in [0.25, 0.3) is 10.2 Å². The zero-order valence-corrected chi connectivity index (χ0v) is 10.3. The van der Waals surface area contributed by atoms with Gasteiger partial charge in [-0.1, -0.05) is 13.3 Å². The molecule has 5 nitrogen and oxygen atoms in total. The van der Waals surface area contributed by atoms with Crippen molar-refractivity contribution in [2.75, 3.05) is 20.1 Å². The van der Waals surface area contributed by atoms with Crippen molar-refractivity contribution in [3.8, 4) is 0 Å². The molecule has 1 rings (SSSR count). The van der Waals surface area contributed by atoms with E-state index in [0.29, 0.717) is 19.0 Å². The highest BCUT2D eigenvalue weighted by Crippen LogP contribution is 2.26. The van der Waals surface area contributed by atoms with Gasteiger partial charge in [-0.2, -0.15) is 12.7 Å². The quantitative estimate of drug-likeness (QED) is 0.714. The first-order valence-electron chi connectivity index (χ1n) is 5.45. The lowest BCUT2D eigenvalue weighted by molar-refractivity contribution is 0.196. The minimum atomic E-state index is -3.31. The standard InChI is InChI=1S/C9H21N3O2S/c1-3-8-4-5-12(9(6-8)7-10)15(13,14)11-2/h8-9,11H,3-7,10H2,1-2H3. The molecule has 15 heavy (non-hydrogen) atoms. The first-order valence-corrected chi connectivity index (χ1v) is 6.89. The molecule has 0 spiro atoms. The second-order valence-electron chi connectivity index (χ2n) is 4.01. The van der Waals surface area contributed by atoms with E-state index in [1.165, 1.54) is 11.4 Å². The summed E-state index contributed by atoms with van der Waals surface area (Å²) in [5.74, 6) is 0.613. The Labute approximate surface area is 92.2 Å². The third kappa shape index (κ3) is 2.90. The Hall–Kier alpha value is -0.170. The maximum atomic E-state index is 11.7. The minimum absolute atomic E-state index is 0.0406. The summed E-state index contributed by atoms with van der Waals surface area (Å²) in [5.41, 5.74) is 5.63. The van der Waals surface area contributed by atoms with Crippen LogP contribution in [0, 0.1) is 5.92 Å². The Morgan fingerprint density at radius 1 is 1.53 bits per heavy atom. The van der Waals surface area contributed by atoms with E-state index in [1.54, 1.807) is 0 Å². The average Bonchev–Trinajstić information content (AvgIpc) is 2.28. The van der Waals surface area contributed by atoms with Gasteiger partial charge in [0.15, 0.2) is 0 Å². The third-order valence-corrected chi connectivity index (χ3v) is 4.80. The molecule has 3 N–H and O–H groups in total. The van der Waals surface area contributed by atoms with Gasteiger partial charge in [0, 0.05) is 26.2 Å². The molecule has 1 aliphatic heterocycles. The fraction of sp³-hybridized carbons (Fsp3) is 1.00. The van der Waals surface area contributed by atoms with E-state index < -0.39 is 10.2 Å². The van der Waals surface area contributed by atoms with E-state index >= 15 is 0 Å². The van der Waals surface area contributed by atoms with Gasteiger partial charge in [-0.15, -0.1) is 0 Å². The summed E-state index contributed by atoms with van der Waals surface area (Å²) < 4.78 is 27.2. The molecular weight excluding hydrogens is 214 g/mol. The van der Waals surface area contributed by atoms with E-state index in [4.69, 9.17) is 5.73 Å². The molecule has 0 bridgehead atoms. The van der Waals surface area contributed by atoms with Gasteiger partial charge < -0.3 is 5.73 Å². The van der Waals surface area contributed by atoms with Crippen molar-refractivity contribution in [1.82, 2.24) is 9.03 Å². The van der Waals surface area contributed by atoms with Crippen LogP contribution in [-0.2, 0) is 10.2 Å². The Morgan fingerprint density at radius 2 is 2.20 bits per heavy atom. The normalized spacial score (nSPS) is 29.3. The lowest BCUT2D eigenvalue weighted by Crippen LogP contribution is -2.52. The summed E-state index contributed by atoms with van der Waals surface area (Å²) in [6.07, 6.45) is 2.92. The maximum Gasteiger partial charge on any atom is 0.279 e. The molecule has 0 aromatic rings. The molecule has 0 radical (unpaired) electrons. The van der Waals surface area contributed by atoms with Gasteiger partial charge in [-0.05, 0) is 18.8 Å². The van der Waals surface area contributed by atoms with Gasteiger partial charge in [0.05, 0.1) is 0 Å². The second-order valence-corrected chi connectivity index (χ2v) is 5.84. The van der Waals surface area contributed by atoms with E-state index in [1.807, 2.05) is 0 Å². The zero-order valence-electron chi connectivity index (χ0n) is 9.44. The van der Waals surface area contributed by atoms with Crippen LogP contribution in [0.4, 0.5) is 0 Å². The monoisotopic (exact) mass is 235 g/mol. The fourth-order valence-corrected chi connectivity index (χ4v) is 3.28. The summed E-state index contributed by atoms with van der Waals surface area (Å²) in [5, 5.41) is 0. The van der Waals surface area contributed by atoms with Crippen LogP contribution >= 0.6 is 0 Å². The SMILES string of the molecule is CCC1CCN(S(=O)(=O)NC)C(CN)C1. The molecule has 1 fully saturated rings. The third-order valence-electron chi connectivity index (χ3n) is 3.19. The van der Waals surface area contributed by atoms with Gasteiger partial charge in [0.2, 0.25) is 0 Å². The second kappa shape index (κ2) is 5.25. The van der Waals surface area contributed by atoms with Gasteiger partial charge in [-0.25, -0.2) is 4.72 Å². The average molecular weight is 235 g/mol. The molecule has 1 aliphatic rings. The molecule has 1 heterocycles. The lowest BCUT2D eigenvalue weighted by Gasteiger charge is -2.37. The van der Waals surface area contributed by atoms with Crippen LogP contribution in [-0.4, -0.2) is 38.9 Å². The number of hydrogen-bond acceptors (Lipinski definition) is 3. The van der Waals surface area contributed by atoms with Gasteiger partial charge in [0.1, 0.15) is 0 Å². The summed E-state index contributed by atoms with van der Waals surface area (Å²) in [6.45, 7) is 3.13. The van der Waals surface area contributed by atoms with Crippen molar-refractivity contribution < 1.29 is 8.42 Å². The highest BCUT2D eigenvalue weighted by Gasteiger charge is 2.33. The van der Waals surface area contributed by atoms with Crippen LogP contribution in [0.2, 0.25) is 0 Å². The number of hydrogen-bond donors (Lipinski definition) is 2. The molecule has 2 atom stereocenters. The Balaban J connectivity index is 2.75. The number of nitrogens with zero attached hydrogens (tertiary/aromatic N) is 1. The van der Waals surface area contributed by atoms with Crippen LogP contribution in [0.1, 0.15) is 26.2 Å².